The van der Waals surface area contributed by atoms with Crippen molar-refractivity contribution < 1.29 is 9.47 Å². The number of nitroso groups, excluding NO2 is 1. The second kappa shape index (κ2) is 3.78. The average molecular weight is 159 g/mol. The van der Waals surface area contributed by atoms with E-state index in [0.29, 0.717) is 0 Å². The van der Waals surface area contributed by atoms with Gasteiger partial charge in [0.1, 0.15) is 6.04 Å². The molecule has 3 atom stereocenters. The fourth-order valence-corrected chi connectivity index (χ4v) is 1.25. The topological polar surface area (TPSA) is 47.9 Å². The number of rotatable bonds is 2. The predicted octanol–water partition coefficient (Wildman–Crippen LogP) is 1.29. The third-order valence-electron chi connectivity index (χ3n) is 2.00. The minimum absolute atomic E-state index is 0.105. The Morgan fingerprint density at radius 2 is 2.27 bits per heavy atom. The monoisotopic (exact) mass is 159 g/mol. The predicted molar refractivity (Wildman–Crippen MR) is 40.2 cm³/mol. The van der Waals surface area contributed by atoms with Crippen LogP contribution in [0.4, 0.5) is 0 Å². The molecule has 1 heterocycles. The van der Waals surface area contributed by atoms with Gasteiger partial charge in [0, 0.05) is 13.5 Å². The van der Waals surface area contributed by atoms with Crippen molar-refractivity contribution in [2.75, 3.05) is 7.11 Å². The van der Waals surface area contributed by atoms with Crippen LogP contribution in [0.2, 0.25) is 0 Å². The zero-order chi connectivity index (χ0) is 8.27. The summed E-state index contributed by atoms with van der Waals surface area (Å²) < 4.78 is 10.3. The van der Waals surface area contributed by atoms with E-state index in [1.165, 1.54) is 0 Å². The fraction of sp³-hybridized carbons (Fsp3) is 1.00. The maximum atomic E-state index is 10.2. The zero-order valence-corrected chi connectivity index (χ0v) is 6.82. The molecular formula is C7H13NO3. The molecule has 1 rings (SSSR count). The van der Waals surface area contributed by atoms with Gasteiger partial charge in [0.25, 0.3) is 0 Å². The van der Waals surface area contributed by atoms with E-state index in [1.807, 2.05) is 6.92 Å². The van der Waals surface area contributed by atoms with Crippen molar-refractivity contribution in [1.29, 1.82) is 0 Å². The van der Waals surface area contributed by atoms with Gasteiger partial charge >= 0.3 is 0 Å². The van der Waals surface area contributed by atoms with Gasteiger partial charge in [0.15, 0.2) is 6.29 Å². The largest absolute Gasteiger partial charge is 0.356 e. The molecular weight excluding hydrogens is 146 g/mol. The van der Waals surface area contributed by atoms with E-state index < -0.39 is 0 Å². The number of methoxy groups -OCH3 is 1. The van der Waals surface area contributed by atoms with Gasteiger partial charge < -0.3 is 9.47 Å². The highest BCUT2D eigenvalue weighted by Crippen LogP contribution is 2.21. The maximum Gasteiger partial charge on any atom is 0.157 e. The van der Waals surface area contributed by atoms with Gasteiger partial charge in [-0.3, -0.25) is 0 Å². The van der Waals surface area contributed by atoms with Crippen LogP contribution < -0.4 is 0 Å². The fourth-order valence-electron chi connectivity index (χ4n) is 1.25. The van der Waals surface area contributed by atoms with Crippen LogP contribution in [-0.2, 0) is 9.47 Å². The number of nitrogens with zero attached hydrogens (tertiary/aromatic N) is 1. The average Bonchev–Trinajstić information content (AvgIpc) is 2.04. The van der Waals surface area contributed by atoms with Gasteiger partial charge in [-0.25, -0.2) is 0 Å². The Labute approximate surface area is 65.8 Å². The Hall–Kier alpha value is -0.480. The number of hydrogen-bond donors (Lipinski definition) is 0. The molecule has 0 aromatic heterocycles. The first kappa shape index (κ1) is 8.62. The molecule has 64 valence electrons. The van der Waals surface area contributed by atoms with Gasteiger partial charge in [-0.1, -0.05) is 5.18 Å². The Bertz CT molecular complexity index is 140. The molecule has 4 nitrogen and oxygen atoms in total. The van der Waals surface area contributed by atoms with Gasteiger partial charge in [0.2, 0.25) is 0 Å². The standard InChI is InChI=1S/C7H13NO3/c1-5-6(8-9)3-4-7(10-2)11-5/h5-7H,3-4H2,1-2H3/t5-,6?,7?/m0/s1. The summed E-state index contributed by atoms with van der Waals surface area (Å²) in [5.74, 6) is 0. The van der Waals surface area contributed by atoms with Crippen LogP contribution in [0, 0.1) is 4.91 Å². The summed E-state index contributed by atoms with van der Waals surface area (Å²) >= 11 is 0. The van der Waals surface area contributed by atoms with Crippen molar-refractivity contribution in [3.8, 4) is 0 Å². The Morgan fingerprint density at radius 1 is 1.55 bits per heavy atom. The lowest BCUT2D eigenvalue weighted by Gasteiger charge is -2.29. The lowest BCUT2D eigenvalue weighted by Crippen LogP contribution is -2.36. The van der Waals surface area contributed by atoms with Crippen LogP contribution in [0.25, 0.3) is 0 Å². The summed E-state index contributed by atoms with van der Waals surface area (Å²) in [6, 6.07) is -0.193. The molecule has 1 aliphatic heterocycles. The maximum absolute atomic E-state index is 10.2. The number of hydrogen-bond acceptors (Lipinski definition) is 4. The summed E-state index contributed by atoms with van der Waals surface area (Å²) in [4.78, 5) is 10.2. The van der Waals surface area contributed by atoms with Crippen LogP contribution in [0.3, 0.4) is 0 Å². The quantitative estimate of drug-likeness (QED) is 0.570. The van der Waals surface area contributed by atoms with Crippen LogP contribution in [0.5, 0.6) is 0 Å². The Balaban J connectivity index is 2.40. The molecule has 0 amide bonds. The zero-order valence-electron chi connectivity index (χ0n) is 6.82. The van der Waals surface area contributed by atoms with E-state index in [1.54, 1.807) is 7.11 Å². The molecule has 1 saturated heterocycles. The normalized spacial score (nSPS) is 38.5. The van der Waals surface area contributed by atoms with Crippen molar-refractivity contribution in [1.82, 2.24) is 0 Å². The third kappa shape index (κ3) is 1.97. The lowest BCUT2D eigenvalue weighted by molar-refractivity contribution is -0.179. The third-order valence-corrected chi connectivity index (χ3v) is 2.00. The van der Waals surface area contributed by atoms with E-state index in [2.05, 4.69) is 5.18 Å². The van der Waals surface area contributed by atoms with Gasteiger partial charge in [-0.15, -0.1) is 0 Å². The van der Waals surface area contributed by atoms with E-state index in [0.717, 1.165) is 12.8 Å². The van der Waals surface area contributed by atoms with E-state index in [-0.39, 0.29) is 18.4 Å². The minimum atomic E-state index is -0.193. The second-order valence-corrected chi connectivity index (χ2v) is 2.76. The van der Waals surface area contributed by atoms with Crippen LogP contribution >= 0.6 is 0 Å². The van der Waals surface area contributed by atoms with Crippen molar-refractivity contribution in [2.24, 2.45) is 5.18 Å². The first-order chi connectivity index (χ1) is 5.27. The molecule has 0 aromatic carbocycles. The summed E-state index contributed by atoms with van der Waals surface area (Å²) in [7, 11) is 1.60. The van der Waals surface area contributed by atoms with Crippen molar-refractivity contribution >= 4 is 0 Å². The summed E-state index contributed by atoms with van der Waals surface area (Å²) in [6.07, 6.45) is 1.27. The number of ether oxygens (including phenoxy) is 2. The van der Waals surface area contributed by atoms with E-state index in [4.69, 9.17) is 9.47 Å². The Kier molecular flexibility index (Phi) is 2.96. The van der Waals surface area contributed by atoms with Crippen molar-refractivity contribution in [3.05, 3.63) is 4.91 Å². The molecule has 0 saturated carbocycles. The molecule has 0 radical (unpaired) electrons. The van der Waals surface area contributed by atoms with Gasteiger partial charge in [-0.2, -0.15) is 4.91 Å². The Morgan fingerprint density at radius 3 is 2.73 bits per heavy atom. The van der Waals surface area contributed by atoms with Crippen molar-refractivity contribution in [2.45, 2.75) is 38.2 Å². The molecule has 0 bridgehead atoms. The molecule has 1 aliphatic rings. The highest BCUT2D eigenvalue weighted by molar-refractivity contribution is 4.78. The molecule has 0 aliphatic carbocycles. The van der Waals surface area contributed by atoms with E-state index in [9.17, 15) is 4.91 Å². The minimum Gasteiger partial charge on any atom is -0.356 e. The molecule has 11 heavy (non-hydrogen) atoms. The van der Waals surface area contributed by atoms with Gasteiger partial charge in [-0.05, 0) is 13.3 Å². The molecule has 0 N–H and O–H groups in total. The first-order valence-electron chi connectivity index (χ1n) is 3.78. The van der Waals surface area contributed by atoms with Gasteiger partial charge in [0.05, 0.1) is 6.10 Å². The van der Waals surface area contributed by atoms with Crippen molar-refractivity contribution in [3.63, 3.8) is 0 Å². The molecule has 0 spiro atoms. The van der Waals surface area contributed by atoms with Crippen LogP contribution in [0.15, 0.2) is 5.18 Å². The van der Waals surface area contributed by atoms with Crippen LogP contribution in [0.1, 0.15) is 19.8 Å². The lowest BCUT2D eigenvalue weighted by atomic mass is 10.0. The SMILES string of the molecule is COC1CCC(N=O)[C@H](C)O1. The first-order valence-corrected chi connectivity index (χ1v) is 3.78. The molecule has 4 heteroatoms. The smallest absolute Gasteiger partial charge is 0.157 e. The molecule has 2 unspecified atom stereocenters. The highest BCUT2D eigenvalue weighted by Gasteiger charge is 2.28. The second-order valence-electron chi connectivity index (χ2n) is 2.76. The van der Waals surface area contributed by atoms with E-state index >= 15 is 0 Å². The van der Waals surface area contributed by atoms with Crippen LogP contribution in [-0.4, -0.2) is 25.5 Å². The molecule has 1 fully saturated rings. The summed E-state index contributed by atoms with van der Waals surface area (Å²) in [5, 5.41) is 2.97. The summed E-state index contributed by atoms with van der Waals surface area (Å²) in [5.41, 5.74) is 0. The highest BCUT2D eigenvalue weighted by atomic mass is 16.7. The summed E-state index contributed by atoms with van der Waals surface area (Å²) in [6.45, 7) is 1.84. The molecule has 0 aromatic rings.